The van der Waals surface area contributed by atoms with E-state index < -0.39 is 48.6 Å². The summed E-state index contributed by atoms with van der Waals surface area (Å²) in [6.45, 7) is 16.3. The monoisotopic (exact) mass is 604 g/mol. The molecule has 1 aliphatic heterocycles. The summed E-state index contributed by atoms with van der Waals surface area (Å²) in [5.74, 6) is 1.13. The summed E-state index contributed by atoms with van der Waals surface area (Å²) in [6.07, 6.45) is 4.49. The van der Waals surface area contributed by atoms with Crippen molar-refractivity contribution >= 4 is 0 Å². The van der Waals surface area contributed by atoms with Crippen LogP contribution in [0.25, 0.3) is 0 Å². The number of hydrogen-bond donors (Lipinski definition) is 6. The predicted molar refractivity (Wildman–Crippen MR) is 165 cm³/mol. The third-order valence-electron chi connectivity index (χ3n) is 15.5. The molecule has 4 saturated carbocycles. The number of allylic oxidation sites excluding steroid dienone is 2. The van der Waals surface area contributed by atoms with E-state index >= 15 is 0 Å². The highest BCUT2D eigenvalue weighted by Crippen LogP contribution is 2.76. The summed E-state index contributed by atoms with van der Waals surface area (Å²) >= 11 is 0. The molecule has 7 nitrogen and oxygen atoms in total. The first-order chi connectivity index (χ1) is 19.9. The lowest BCUT2D eigenvalue weighted by Gasteiger charge is -2.72. The first kappa shape index (κ1) is 32.4. The summed E-state index contributed by atoms with van der Waals surface area (Å²) in [7, 11) is 0. The fraction of sp³-hybridized carbons (Fsp3) is 0.944. The zero-order valence-electron chi connectivity index (χ0n) is 27.7. The van der Waals surface area contributed by atoms with E-state index in [9.17, 15) is 30.6 Å². The molecule has 7 unspecified atom stereocenters. The van der Waals surface area contributed by atoms with Gasteiger partial charge in [0.15, 0.2) is 0 Å². The van der Waals surface area contributed by atoms with Gasteiger partial charge in [0.2, 0.25) is 0 Å². The first-order valence-corrected chi connectivity index (χ1v) is 17.3. The number of rotatable bonds is 3. The Labute approximate surface area is 259 Å². The lowest BCUT2D eigenvalue weighted by molar-refractivity contribution is -0.272. The molecule has 0 aromatic carbocycles. The maximum Gasteiger partial charge on any atom is 0.113 e. The lowest BCUT2D eigenvalue weighted by atomic mass is 9.33. The third kappa shape index (κ3) is 4.30. The average Bonchev–Trinajstić information content (AvgIpc) is 2.94. The average molecular weight is 605 g/mol. The van der Waals surface area contributed by atoms with Crippen LogP contribution in [0.3, 0.4) is 0 Å². The Hall–Kier alpha value is -0.540. The molecule has 0 spiro atoms. The molecular formula is C36H60O7. The smallest absolute Gasteiger partial charge is 0.113 e. The molecule has 14 atom stereocenters. The first-order valence-electron chi connectivity index (χ1n) is 17.3. The van der Waals surface area contributed by atoms with E-state index in [0.29, 0.717) is 11.8 Å². The number of fused-ring (bicyclic) bond motifs is 7. The molecule has 0 radical (unpaired) electrons. The maximum absolute atomic E-state index is 12.3. The van der Waals surface area contributed by atoms with Crippen molar-refractivity contribution in [2.24, 2.45) is 50.2 Å². The van der Waals surface area contributed by atoms with Crippen LogP contribution in [-0.4, -0.2) is 80.0 Å². The second-order valence-corrected chi connectivity index (χ2v) is 18.1. The summed E-state index contributed by atoms with van der Waals surface area (Å²) in [5.41, 5.74) is 1.21. The molecule has 43 heavy (non-hydrogen) atoms. The standard InChI is InChI=1S/C36H60O7/c1-31(2)14-16-36(30(42)29-28(41)27(40)26(39)22(19-37)43-29)17-15-34(6)20(21(36)18-31)8-9-24-33(5)12-11-25(38)32(3,4)23(33)10-13-35(24,34)7/h8,21-30,37-42H,9-19H2,1-7H3/t21?,22?,23?,24?,25-,26-,27?,28?,29+,30?,33-,34+,35+,36-/m0/s1. The molecule has 0 aromatic rings. The second-order valence-electron chi connectivity index (χ2n) is 18.1. The van der Waals surface area contributed by atoms with Gasteiger partial charge in [0.1, 0.15) is 30.5 Å². The minimum atomic E-state index is -1.49. The topological polar surface area (TPSA) is 131 Å². The molecule has 6 N–H and O–H groups in total. The molecule has 0 amide bonds. The zero-order valence-corrected chi connectivity index (χ0v) is 27.7. The van der Waals surface area contributed by atoms with Gasteiger partial charge in [-0.05, 0) is 109 Å². The minimum Gasteiger partial charge on any atom is -0.394 e. The second kappa shape index (κ2) is 10.2. The van der Waals surface area contributed by atoms with Crippen molar-refractivity contribution in [1.29, 1.82) is 0 Å². The van der Waals surface area contributed by atoms with E-state index in [0.717, 1.165) is 64.2 Å². The van der Waals surface area contributed by atoms with Crippen LogP contribution in [-0.2, 0) is 4.74 Å². The molecule has 246 valence electrons. The Bertz CT molecular complexity index is 1120. The summed E-state index contributed by atoms with van der Waals surface area (Å²) in [4.78, 5) is 0. The molecule has 6 rings (SSSR count). The van der Waals surface area contributed by atoms with Crippen molar-refractivity contribution in [2.75, 3.05) is 6.61 Å². The molecule has 0 aromatic heterocycles. The van der Waals surface area contributed by atoms with Gasteiger partial charge in [-0.15, -0.1) is 0 Å². The third-order valence-corrected chi connectivity index (χ3v) is 15.5. The zero-order chi connectivity index (χ0) is 31.5. The highest BCUT2D eigenvalue weighted by Gasteiger charge is 2.69. The van der Waals surface area contributed by atoms with Gasteiger partial charge in [0.25, 0.3) is 0 Å². The van der Waals surface area contributed by atoms with Gasteiger partial charge in [-0.2, -0.15) is 0 Å². The fourth-order valence-corrected chi connectivity index (χ4v) is 12.5. The number of aliphatic hydroxyl groups excluding tert-OH is 6. The van der Waals surface area contributed by atoms with E-state index in [1.807, 2.05) is 0 Å². The van der Waals surface area contributed by atoms with Gasteiger partial charge in [-0.3, -0.25) is 0 Å². The lowest BCUT2D eigenvalue weighted by Crippen LogP contribution is -2.68. The van der Waals surface area contributed by atoms with E-state index in [2.05, 4.69) is 54.5 Å². The van der Waals surface area contributed by atoms with E-state index in [4.69, 9.17) is 4.74 Å². The Morgan fingerprint density at radius 1 is 0.814 bits per heavy atom. The minimum absolute atomic E-state index is 0.0270. The summed E-state index contributed by atoms with van der Waals surface area (Å²) < 4.78 is 6.01. The van der Waals surface area contributed by atoms with Gasteiger partial charge in [-0.1, -0.05) is 60.1 Å². The van der Waals surface area contributed by atoms with Crippen LogP contribution in [0, 0.1) is 50.2 Å². The Balaban J connectivity index is 1.40. The molecule has 1 saturated heterocycles. The van der Waals surface area contributed by atoms with Crippen molar-refractivity contribution < 1.29 is 35.4 Å². The van der Waals surface area contributed by atoms with Gasteiger partial charge in [0, 0.05) is 5.41 Å². The van der Waals surface area contributed by atoms with Crippen LogP contribution in [0.2, 0.25) is 0 Å². The van der Waals surface area contributed by atoms with Crippen molar-refractivity contribution in [3.63, 3.8) is 0 Å². The van der Waals surface area contributed by atoms with Crippen molar-refractivity contribution in [2.45, 2.75) is 155 Å². The van der Waals surface area contributed by atoms with Crippen LogP contribution >= 0.6 is 0 Å². The van der Waals surface area contributed by atoms with E-state index in [1.165, 1.54) is 5.57 Å². The largest absolute Gasteiger partial charge is 0.394 e. The van der Waals surface area contributed by atoms with Gasteiger partial charge in [-0.25, -0.2) is 0 Å². The highest BCUT2D eigenvalue weighted by molar-refractivity contribution is 5.34. The predicted octanol–water partition coefficient (Wildman–Crippen LogP) is 4.35. The molecule has 5 aliphatic carbocycles. The van der Waals surface area contributed by atoms with Crippen LogP contribution in [0.4, 0.5) is 0 Å². The quantitative estimate of drug-likeness (QED) is 0.264. The number of aliphatic hydroxyl groups is 6. The SMILES string of the molecule is CC1(C)CC[C@]2(C(O)[C@@H]3OC(CO)[C@H](O)C(O)C3O)CC[C@]3(C)C(=CCC4[C@@]5(C)CC[C@H](O)C(C)(C)C5CC[C@]43C)C2C1. The van der Waals surface area contributed by atoms with Crippen molar-refractivity contribution in [1.82, 2.24) is 0 Å². The molecule has 0 bridgehead atoms. The van der Waals surface area contributed by atoms with Crippen LogP contribution in [0.15, 0.2) is 11.6 Å². The highest BCUT2D eigenvalue weighted by atomic mass is 16.6. The molecule has 7 heteroatoms. The molecule has 1 heterocycles. The Morgan fingerprint density at radius 3 is 2.16 bits per heavy atom. The van der Waals surface area contributed by atoms with E-state index in [1.54, 1.807) is 0 Å². The van der Waals surface area contributed by atoms with Crippen LogP contribution in [0.1, 0.15) is 113 Å². The van der Waals surface area contributed by atoms with Crippen LogP contribution in [0.5, 0.6) is 0 Å². The Kier molecular flexibility index (Phi) is 7.71. The maximum atomic E-state index is 12.3. The van der Waals surface area contributed by atoms with Crippen molar-refractivity contribution in [3.05, 3.63) is 11.6 Å². The molecule has 5 fully saturated rings. The molecule has 6 aliphatic rings. The van der Waals surface area contributed by atoms with E-state index in [-0.39, 0.29) is 39.1 Å². The van der Waals surface area contributed by atoms with Crippen LogP contribution < -0.4 is 0 Å². The van der Waals surface area contributed by atoms with Gasteiger partial charge < -0.3 is 35.4 Å². The molecular weight excluding hydrogens is 544 g/mol. The van der Waals surface area contributed by atoms with Crippen molar-refractivity contribution in [3.8, 4) is 0 Å². The van der Waals surface area contributed by atoms with Gasteiger partial charge in [0.05, 0.1) is 18.8 Å². The summed E-state index contributed by atoms with van der Waals surface area (Å²) in [6, 6.07) is 0. The Morgan fingerprint density at radius 2 is 1.49 bits per heavy atom. The fourth-order valence-electron chi connectivity index (χ4n) is 12.5. The number of hydrogen-bond acceptors (Lipinski definition) is 7. The number of ether oxygens (including phenoxy) is 1. The normalized spacial score (nSPS) is 54.7. The van der Waals surface area contributed by atoms with Gasteiger partial charge >= 0.3 is 0 Å². The summed E-state index contributed by atoms with van der Waals surface area (Å²) in [5, 5.41) is 65.3.